The largest absolute Gasteiger partial charge is 0.379 e. The average Bonchev–Trinajstić information content (AvgIpc) is 3.61. The van der Waals surface area contributed by atoms with Crippen LogP contribution >= 0.6 is 0 Å². The molecule has 2 fully saturated rings. The van der Waals surface area contributed by atoms with Crippen LogP contribution in [0.15, 0.2) is 67.0 Å². The minimum atomic E-state index is -0.386. The number of ketones is 1. The zero-order chi connectivity index (χ0) is 29.2. The van der Waals surface area contributed by atoms with Crippen molar-refractivity contribution in [1.29, 1.82) is 0 Å². The Balaban J connectivity index is 0.991. The van der Waals surface area contributed by atoms with Crippen LogP contribution in [-0.4, -0.2) is 95.9 Å². The monoisotopic (exact) mass is 578 g/mol. The second-order valence-electron chi connectivity index (χ2n) is 11.0. The third-order valence-corrected chi connectivity index (χ3v) is 8.42. The number of benzene rings is 2. The molecule has 0 bridgehead atoms. The molecule has 2 aromatic heterocycles. The zero-order valence-electron chi connectivity index (χ0n) is 23.9. The van der Waals surface area contributed by atoms with Gasteiger partial charge in [-0.15, -0.1) is 0 Å². The van der Waals surface area contributed by atoms with Gasteiger partial charge in [-0.05, 0) is 30.2 Å². The van der Waals surface area contributed by atoms with Crippen molar-refractivity contribution in [2.24, 2.45) is 0 Å². The predicted octanol–water partition coefficient (Wildman–Crippen LogP) is 3.42. The van der Waals surface area contributed by atoms with Gasteiger partial charge in [0.15, 0.2) is 5.78 Å². The number of aromatic nitrogens is 3. The predicted molar refractivity (Wildman–Crippen MR) is 164 cm³/mol. The van der Waals surface area contributed by atoms with Gasteiger partial charge in [-0.25, -0.2) is 9.80 Å². The van der Waals surface area contributed by atoms with E-state index >= 15 is 0 Å². The molecule has 3 N–H and O–H groups in total. The molecule has 2 saturated heterocycles. The summed E-state index contributed by atoms with van der Waals surface area (Å²) in [6, 6.07) is 17.5. The number of pyridine rings is 1. The van der Waals surface area contributed by atoms with E-state index in [0.717, 1.165) is 50.3 Å². The second-order valence-corrected chi connectivity index (χ2v) is 11.0. The van der Waals surface area contributed by atoms with E-state index in [1.807, 2.05) is 41.7 Å². The number of anilines is 2. The fourth-order valence-electron chi connectivity index (χ4n) is 6.07. The number of carbonyl (C=O) groups is 2. The molecule has 1 aliphatic carbocycles. The summed E-state index contributed by atoms with van der Waals surface area (Å²) in [6.07, 6.45) is 4.65. The lowest BCUT2D eigenvalue weighted by Gasteiger charge is -2.36. The Morgan fingerprint density at radius 2 is 1.67 bits per heavy atom. The first kappa shape index (κ1) is 27.3. The van der Waals surface area contributed by atoms with Gasteiger partial charge in [-0.2, -0.15) is 5.10 Å². The fraction of sp³-hybridized carbons (Fsp3) is 0.312. The Hall–Kier alpha value is -4.58. The van der Waals surface area contributed by atoms with Crippen molar-refractivity contribution >= 4 is 23.2 Å². The van der Waals surface area contributed by atoms with Crippen molar-refractivity contribution < 1.29 is 14.3 Å². The molecule has 4 aromatic rings. The summed E-state index contributed by atoms with van der Waals surface area (Å²) >= 11 is 0. The van der Waals surface area contributed by atoms with E-state index < -0.39 is 0 Å². The van der Waals surface area contributed by atoms with Crippen LogP contribution in [0.4, 0.5) is 16.2 Å². The molecule has 11 nitrogen and oxygen atoms in total. The van der Waals surface area contributed by atoms with Gasteiger partial charge in [0, 0.05) is 75.0 Å². The summed E-state index contributed by atoms with van der Waals surface area (Å²) in [4.78, 5) is 35.5. The van der Waals surface area contributed by atoms with E-state index in [9.17, 15) is 9.59 Å². The number of piperazine rings is 1. The van der Waals surface area contributed by atoms with Crippen LogP contribution in [0.25, 0.3) is 22.5 Å². The highest BCUT2D eigenvalue weighted by Gasteiger charge is 2.35. The highest BCUT2D eigenvalue weighted by atomic mass is 16.5. The first-order valence-electron chi connectivity index (χ1n) is 14.8. The van der Waals surface area contributed by atoms with Gasteiger partial charge in [0.05, 0.1) is 35.7 Å². The number of hydrogen-bond donors (Lipinski definition) is 3. The van der Waals surface area contributed by atoms with E-state index in [2.05, 4.69) is 60.0 Å². The van der Waals surface area contributed by atoms with Gasteiger partial charge in [-0.3, -0.25) is 25.2 Å². The summed E-state index contributed by atoms with van der Waals surface area (Å²) in [6.45, 7) is 7.46. The third kappa shape index (κ3) is 5.62. The van der Waals surface area contributed by atoms with Crippen LogP contribution in [-0.2, 0) is 11.2 Å². The molecule has 3 aliphatic rings. The minimum Gasteiger partial charge on any atom is -0.379 e. The smallest absolute Gasteiger partial charge is 0.333 e. The maximum absolute atomic E-state index is 13.7. The Kier molecular flexibility index (Phi) is 7.58. The molecule has 4 heterocycles. The lowest BCUT2D eigenvalue weighted by Crippen LogP contribution is -2.49. The Morgan fingerprint density at radius 3 is 2.44 bits per heavy atom. The lowest BCUT2D eigenvalue weighted by atomic mass is 10.0. The van der Waals surface area contributed by atoms with E-state index in [4.69, 9.17) is 4.74 Å². The van der Waals surface area contributed by atoms with E-state index in [1.54, 1.807) is 6.07 Å². The highest BCUT2D eigenvalue weighted by molar-refractivity contribution is 6.26. The van der Waals surface area contributed by atoms with Crippen LogP contribution in [0.5, 0.6) is 0 Å². The van der Waals surface area contributed by atoms with Crippen molar-refractivity contribution in [3.8, 4) is 22.5 Å². The van der Waals surface area contributed by atoms with Crippen molar-refractivity contribution in [2.45, 2.75) is 6.42 Å². The van der Waals surface area contributed by atoms with Crippen LogP contribution in [0.1, 0.15) is 21.5 Å². The number of nitrogens with zero attached hydrogens (tertiary/aromatic N) is 5. The Morgan fingerprint density at radius 1 is 0.907 bits per heavy atom. The summed E-state index contributed by atoms with van der Waals surface area (Å²) in [5.41, 5.74) is 9.74. The second kappa shape index (κ2) is 12.0. The lowest BCUT2D eigenvalue weighted by molar-refractivity contribution is 0.0207. The molecule has 7 rings (SSSR count). The number of fused-ring (bicyclic) bond motifs is 3. The molecule has 220 valence electrons. The van der Waals surface area contributed by atoms with Crippen LogP contribution in [0.2, 0.25) is 0 Å². The molecule has 2 amide bonds. The van der Waals surface area contributed by atoms with Crippen LogP contribution < -0.4 is 15.6 Å². The molecular formula is C32H34N8O3. The number of nitrogens with one attached hydrogen (secondary N) is 3. The number of urea groups is 1. The van der Waals surface area contributed by atoms with Gasteiger partial charge >= 0.3 is 6.03 Å². The first-order valence-corrected chi connectivity index (χ1v) is 14.8. The minimum absolute atomic E-state index is 0.147. The zero-order valence-corrected chi connectivity index (χ0v) is 23.9. The van der Waals surface area contributed by atoms with Gasteiger partial charge < -0.3 is 15.0 Å². The molecule has 0 unspecified atom stereocenters. The summed E-state index contributed by atoms with van der Waals surface area (Å²) in [7, 11) is 0. The quantitative estimate of drug-likeness (QED) is 0.269. The van der Waals surface area contributed by atoms with Crippen LogP contribution in [0.3, 0.4) is 0 Å². The molecule has 43 heavy (non-hydrogen) atoms. The molecule has 0 spiro atoms. The summed E-state index contributed by atoms with van der Waals surface area (Å²) in [5.74, 6) is -0.147. The highest BCUT2D eigenvalue weighted by Crippen LogP contribution is 2.42. The van der Waals surface area contributed by atoms with E-state index in [-0.39, 0.29) is 11.8 Å². The van der Waals surface area contributed by atoms with Crippen molar-refractivity contribution in [3.05, 3.63) is 83.7 Å². The number of amides is 2. The number of hydrazine groups is 1. The van der Waals surface area contributed by atoms with E-state index in [1.165, 1.54) is 11.3 Å². The molecule has 11 heteroatoms. The number of H-pyrrole nitrogens is 1. The van der Waals surface area contributed by atoms with Crippen molar-refractivity contribution in [1.82, 2.24) is 30.5 Å². The molecule has 0 atom stereocenters. The number of aromatic amines is 1. The summed E-state index contributed by atoms with van der Waals surface area (Å²) < 4.78 is 5.34. The maximum atomic E-state index is 13.7. The fourth-order valence-corrected chi connectivity index (χ4v) is 6.07. The van der Waals surface area contributed by atoms with Gasteiger partial charge in [0.2, 0.25) is 0 Å². The normalized spacial score (nSPS) is 17.0. The van der Waals surface area contributed by atoms with Gasteiger partial charge in [-0.1, -0.05) is 36.4 Å². The molecule has 2 aliphatic heterocycles. The maximum Gasteiger partial charge on any atom is 0.333 e. The van der Waals surface area contributed by atoms with Gasteiger partial charge in [0.25, 0.3) is 0 Å². The van der Waals surface area contributed by atoms with Crippen LogP contribution in [0, 0.1) is 0 Å². The number of ether oxygens (including phenoxy) is 1. The summed E-state index contributed by atoms with van der Waals surface area (Å²) in [5, 5.41) is 12.3. The standard InChI is InChI=1S/C32H34N8O3/c41-31-27-25(2-1-3-26(27)34-32(42)37-40-18-20-43-21-19-40)30-28(31)29(35-36-30)23-6-4-22(5-7-23)10-13-38-14-16-39(17-15-38)24-8-11-33-12-9-24/h1-9,11-12H,10,13-21H2,(H,35,36)(H2,34,37,42). The number of carbonyl (C=O) groups excluding carboxylic acids is 2. The Labute approximate surface area is 249 Å². The first-order chi connectivity index (χ1) is 21.1. The number of hydrogen-bond acceptors (Lipinski definition) is 8. The molecule has 0 radical (unpaired) electrons. The molecular weight excluding hydrogens is 544 g/mol. The molecule has 0 saturated carbocycles. The van der Waals surface area contributed by atoms with Crippen molar-refractivity contribution in [2.75, 3.05) is 69.2 Å². The Bertz CT molecular complexity index is 1610. The topological polar surface area (TPSA) is 119 Å². The molecule has 2 aromatic carbocycles. The van der Waals surface area contributed by atoms with Gasteiger partial charge in [0.1, 0.15) is 5.69 Å². The SMILES string of the molecule is O=C(Nc1cccc2c1C(=O)c1c(-c3ccc(CCN4CCN(c5ccncc5)CC4)cc3)n[nH]c1-2)NN1CCOCC1. The number of morpholine rings is 1. The number of rotatable bonds is 7. The third-order valence-electron chi connectivity index (χ3n) is 8.42. The van der Waals surface area contributed by atoms with Crippen molar-refractivity contribution in [3.63, 3.8) is 0 Å². The van der Waals surface area contributed by atoms with E-state index in [0.29, 0.717) is 54.5 Å². The average molecular weight is 579 g/mol.